The number of aromatic hydroxyl groups is 1. The number of aromatic nitrogens is 2. The Hall–Kier alpha value is -2.61. The van der Waals surface area contributed by atoms with Gasteiger partial charge in [-0.3, -0.25) is 0 Å². The molecule has 0 unspecified atom stereocenters. The van der Waals surface area contributed by atoms with E-state index < -0.39 is 0 Å². The van der Waals surface area contributed by atoms with Gasteiger partial charge in [0.1, 0.15) is 17.5 Å². The van der Waals surface area contributed by atoms with E-state index in [1.54, 1.807) is 42.3 Å². The van der Waals surface area contributed by atoms with Crippen LogP contribution in [-0.4, -0.2) is 22.1 Å². The van der Waals surface area contributed by atoms with Gasteiger partial charge in [0.2, 0.25) is 5.95 Å². The van der Waals surface area contributed by atoms with Gasteiger partial charge in [-0.15, -0.1) is 0 Å². The number of phenols is 1. The Morgan fingerprint density at radius 3 is 2.59 bits per heavy atom. The van der Waals surface area contributed by atoms with Crippen LogP contribution < -0.4 is 4.90 Å². The summed E-state index contributed by atoms with van der Waals surface area (Å²) >= 11 is 0. The van der Waals surface area contributed by atoms with Gasteiger partial charge in [0.25, 0.3) is 0 Å². The number of nitrogens with zero attached hydrogens (tertiary/aromatic N) is 4. The summed E-state index contributed by atoms with van der Waals surface area (Å²) in [5.74, 6) is 0.642. The molecule has 0 spiro atoms. The molecule has 1 aromatic carbocycles. The molecule has 84 valence electrons. The predicted octanol–water partition coefficient (Wildman–Crippen LogP) is 1.82. The lowest BCUT2D eigenvalue weighted by atomic mass is 10.3. The topological polar surface area (TPSA) is 73.0 Å². The van der Waals surface area contributed by atoms with Gasteiger partial charge in [-0.25, -0.2) is 9.97 Å². The lowest BCUT2D eigenvalue weighted by Crippen LogP contribution is -2.13. The minimum Gasteiger partial charge on any atom is -0.508 e. The number of hydrogen-bond acceptors (Lipinski definition) is 5. The van der Waals surface area contributed by atoms with Crippen LogP contribution in [-0.2, 0) is 0 Å². The van der Waals surface area contributed by atoms with Crippen molar-refractivity contribution in [1.29, 1.82) is 5.26 Å². The first-order valence-electron chi connectivity index (χ1n) is 4.96. The second-order valence-electron chi connectivity index (χ2n) is 3.43. The fourth-order valence-electron chi connectivity index (χ4n) is 1.36. The molecule has 0 aliphatic carbocycles. The molecular weight excluding hydrogens is 216 g/mol. The number of benzene rings is 1. The van der Waals surface area contributed by atoms with Gasteiger partial charge in [0.05, 0.1) is 0 Å². The fraction of sp³-hybridized carbons (Fsp3) is 0.0833. The zero-order valence-corrected chi connectivity index (χ0v) is 9.20. The molecule has 17 heavy (non-hydrogen) atoms. The molecule has 0 aliphatic rings. The standard InChI is InChI=1S/C12H10N4O/c1-16(10-2-4-11(17)5-3-10)12-14-7-6-9(8-13)15-12/h2-7,17H,1H3. The van der Waals surface area contributed by atoms with E-state index in [-0.39, 0.29) is 5.75 Å². The molecule has 0 saturated heterocycles. The Labute approximate surface area is 98.6 Å². The van der Waals surface area contributed by atoms with Crippen LogP contribution in [0.3, 0.4) is 0 Å². The van der Waals surface area contributed by atoms with Crippen LogP contribution in [0.15, 0.2) is 36.5 Å². The Morgan fingerprint density at radius 1 is 1.24 bits per heavy atom. The zero-order valence-electron chi connectivity index (χ0n) is 9.20. The van der Waals surface area contributed by atoms with Crippen LogP contribution in [0.4, 0.5) is 11.6 Å². The maximum Gasteiger partial charge on any atom is 0.230 e. The van der Waals surface area contributed by atoms with Crippen LogP contribution in [0.2, 0.25) is 0 Å². The van der Waals surface area contributed by atoms with E-state index in [0.29, 0.717) is 11.6 Å². The minimum absolute atomic E-state index is 0.203. The summed E-state index contributed by atoms with van der Waals surface area (Å²) in [6.07, 6.45) is 1.54. The molecule has 2 rings (SSSR count). The monoisotopic (exact) mass is 226 g/mol. The second kappa shape index (κ2) is 4.49. The average Bonchev–Trinajstić information content (AvgIpc) is 2.39. The van der Waals surface area contributed by atoms with Crippen molar-refractivity contribution in [3.05, 3.63) is 42.2 Å². The molecule has 0 amide bonds. The summed E-state index contributed by atoms with van der Waals surface area (Å²) in [4.78, 5) is 9.90. The van der Waals surface area contributed by atoms with Crippen LogP contribution in [0.1, 0.15) is 5.69 Å². The van der Waals surface area contributed by atoms with Crippen molar-refractivity contribution in [2.75, 3.05) is 11.9 Å². The Bertz CT molecular complexity index is 559. The largest absolute Gasteiger partial charge is 0.508 e. The van der Waals surface area contributed by atoms with Crippen LogP contribution >= 0.6 is 0 Å². The smallest absolute Gasteiger partial charge is 0.230 e. The molecule has 0 aliphatic heterocycles. The molecule has 0 fully saturated rings. The van der Waals surface area contributed by atoms with E-state index in [4.69, 9.17) is 5.26 Å². The molecule has 1 heterocycles. The highest BCUT2D eigenvalue weighted by atomic mass is 16.3. The van der Waals surface area contributed by atoms with E-state index in [1.165, 1.54) is 6.20 Å². The fourth-order valence-corrected chi connectivity index (χ4v) is 1.36. The third-order valence-electron chi connectivity index (χ3n) is 2.29. The molecule has 5 nitrogen and oxygen atoms in total. The summed E-state index contributed by atoms with van der Waals surface area (Å²) in [7, 11) is 1.79. The molecule has 5 heteroatoms. The molecule has 0 bridgehead atoms. The lowest BCUT2D eigenvalue weighted by Gasteiger charge is -2.16. The van der Waals surface area contributed by atoms with E-state index in [0.717, 1.165) is 5.69 Å². The maximum atomic E-state index is 9.20. The summed E-state index contributed by atoms with van der Waals surface area (Å²) in [6, 6.07) is 10.2. The number of anilines is 2. The van der Waals surface area contributed by atoms with Crippen LogP contribution in [0.25, 0.3) is 0 Å². The highest BCUT2D eigenvalue weighted by molar-refractivity contribution is 5.57. The second-order valence-corrected chi connectivity index (χ2v) is 3.43. The Morgan fingerprint density at radius 2 is 1.94 bits per heavy atom. The first kappa shape index (κ1) is 10.9. The van der Waals surface area contributed by atoms with E-state index in [2.05, 4.69) is 9.97 Å². The lowest BCUT2D eigenvalue weighted by molar-refractivity contribution is 0.475. The zero-order chi connectivity index (χ0) is 12.3. The van der Waals surface area contributed by atoms with Crippen molar-refractivity contribution in [3.63, 3.8) is 0 Å². The normalized spacial score (nSPS) is 9.65. The molecule has 0 saturated carbocycles. The molecule has 2 aromatic rings. The van der Waals surface area contributed by atoms with Crippen molar-refractivity contribution in [3.8, 4) is 11.8 Å². The molecule has 0 radical (unpaired) electrons. The quantitative estimate of drug-likeness (QED) is 0.845. The number of phenolic OH excluding ortho intramolecular Hbond substituents is 1. The van der Waals surface area contributed by atoms with Crippen molar-refractivity contribution < 1.29 is 5.11 Å². The molecule has 1 aromatic heterocycles. The average molecular weight is 226 g/mol. The highest BCUT2D eigenvalue weighted by Crippen LogP contribution is 2.22. The Balaban J connectivity index is 2.33. The summed E-state index contributed by atoms with van der Waals surface area (Å²) in [5, 5.41) is 18.0. The van der Waals surface area contributed by atoms with Gasteiger partial charge in [0, 0.05) is 18.9 Å². The molecular formula is C12H10N4O. The van der Waals surface area contributed by atoms with Gasteiger partial charge in [-0.05, 0) is 30.3 Å². The van der Waals surface area contributed by atoms with E-state index in [9.17, 15) is 5.11 Å². The van der Waals surface area contributed by atoms with Gasteiger partial charge in [0.15, 0.2) is 0 Å². The van der Waals surface area contributed by atoms with Crippen molar-refractivity contribution in [2.24, 2.45) is 0 Å². The summed E-state index contributed by atoms with van der Waals surface area (Å²) in [6.45, 7) is 0. The summed E-state index contributed by atoms with van der Waals surface area (Å²) in [5.41, 5.74) is 1.15. The number of hydrogen-bond donors (Lipinski definition) is 1. The van der Waals surface area contributed by atoms with Gasteiger partial charge < -0.3 is 10.0 Å². The molecule has 0 atom stereocenters. The highest BCUT2D eigenvalue weighted by Gasteiger charge is 2.07. The van der Waals surface area contributed by atoms with Gasteiger partial charge in [-0.2, -0.15) is 5.26 Å². The SMILES string of the molecule is CN(c1ccc(O)cc1)c1nccc(C#N)n1. The van der Waals surface area contributed by atoms with Crippen molar-refractivity contribution in [1.82, 2.24) is 9.97 Å². The maximum absolute atomic E-state index is 9.20. The summed E-state index contributed by atoms with van der Waals surface area (Å²) < 4.78 is 0. The van der Waals surface area contributed by atoms with Gasteiger partial charge >= 0.3 is 0 Å². The van der Waals surface area contributed by atoms with E-state index in [1.807, 2.05) is 6.07 Å². The van der Waals surface area contributed by atoms with E-state index >= 15 is 0 Å². The molecule has 1 N–H and O–H groups in total. The first-order chi connectivity index (χ1) is 8.20. The van der Waals surface area contributed by atoms with Gasteiger partial charge in [-0.1, -0.05) is 0 Å². The predicted molar refractivity (Wildman–Crippen MR) is 62.9 cm³/mol. The van der Waals surface area contributed by atoms with Crippen molar-refractivity contribution >= 4 is 11.6 Å². The number of rotatable bonds is 2. The minimum atomic E-state index is 0.203. The first-order valence-corrected chi connectivity index (χ1v) is 4.96. The third kappa shape index (κ3) is 2.32. The third-order valence-corrected chi connectivity index (χ3v) is 2.29. The van der Waals surface area contributed by atoms with Crippen LogP contribution in [0, 0.1) is 11.3 Å². The Kier molecular flexibility index (Phi) is 2.88. The van der Waals surface area contributed by atoms with Crippen LogP contribution in [0.5, 0.6) is 5.75 Å². The number of nitriles is 1. The van der Waals surface area contributed by atoms with Crippen molar-refractivity contribution in [2.45, 2.75) is 0 Å².